The van der Waals surface area contributed by atoms with Crippen molar-refractivity contribution in [1.29, 1.82) is 0 Å². The molecule has 0 saturated carbocycles. The molecule has 2 aromatic heterocycles. The van der Waals surface area contributed by atoms with Gasteiger partial charge in [0.15, 0.2) is 0 Å². The van der Waals surface area contributed by atoms with E-state index in [4.69, 9.17) is 0 Å². The Bertz CT molecular complexity index is 478. The minimum atomic E-state index is 0.239. The molecule has 0 saturated heterocycles. The molecule has 2 heterocycles. The lowest BCUT2D eigenvalue weighted by Gasteiger charge is -2.10. The van der Waals surface area contributed by atoms with Gasteiger partial charge in [0, 0.05) is 30.4 Å². The third-order valence-corrected chi connectivity index (χ3v) is 3.30. The van der Waals surface area contributed by atoms with Crippen molar-refractivity contribution in [2.45, 2.75) is 33.4 Å². The van der Waals surface area contributed by atoms with Gasteiger partial charge in [0.1, 0.15) is 0 Å². The van der Waals surface area contributed by atoms with Gasteiger partial charge in [0.05, 0.1) is 22.1 Å². The van der Waals surface area contributed by atoms with Gasteiger partial charge in [-0.3, -0.25) is 9.97 Å². The third-order valence-electron chi connectivity index (χ3n) is 2.50. The van der Waals surface area contributed by atoms with Crippen LogP contribution in [0.4, 0.5) is 0 Å². The molecule has 4 nitrogen and oxygen atoms in total. The van der Waals surface area contributed by atoms with Crippen molar-refractivity contribution in [3.8, 4) is 0 Å². The zero-order valence-corrected chi connectivity index (χ0v) is 11.1. The summed E-state index contributed by atoms with van der Waals surface area (Å²) < 4.78 is 0. The Morgan fingerprint density at radius 1 is 1.29 bits per heavy atom. The molecule has 2 aromatic rings. The highest BCUT2D eigenvalue weighted by Crippen LogP contribution is 2.15. The summed E-state index contributed by atoms with van der Waals surface area (Å²) >= 11 is 1.68. The summed E-state index contributed by atoms with van der Waals surface area (Å²) in [4.78, 5) is 13.0. The average Bonchev–Trinajstić information content (AvgIpc) is 2.75. The van der Waals surface area contributed by atoms with Gasteiger partial charge in [-0.1, -0.05) is 0 Å². The summed E-state index contributed by atoms with van der Waals surface area (Å²) in [5.41, 5.74) is 2.99. The first-order chi connectivity index (χ1) is 8.15. The quantitative estimate of drug-likeness (QED) is 0.902. The topological polar surface area (TPSA) is 50.7 Å². The molecule has 1 N–H and O–H groups in total. The number of nitrogens with one attached hydrogen (secondary N) is 1. The normalized spacial score (nSPS) is 12.6. The lowest BCUT2D eigenvalue weighted by Crippen LogP contribution is -2.19. The van der Waals surface area contributed by atoms with E-state index in [0.29, 0.717) is 6.54 Å². The van der Waals surface area contributed by atoms with Crippen LogP contribution in [0.2, 0.25) is 0 Å². The van der Waals surface area contributed by atoms with Gasteiger partial charge >= 0.3 is 0 Å². The molecule has 0 aromatic carbocycles. The predicted octanol–water partition coefficient (Wildman–Crippen LogP) is 2.40. The van der Waals surface area contributed by atoms with Crippen molar-refractivity contribution in [1.82, 2.24) is 20.3 Å². The Morgan fingerprint density at radius 3 is 2.71 bits per heavy atom. The van der Waals surface area contributed by atoms with Crippen LogP contribution in [0.25, 0.3) is 0 Å². The van der Waals surface area contributed by atoms with E-state index in [1.54, 1.807) is 23.7 Å². The number of nitrogens with zero attached hydrogens (tertiary/aromatic N) is 3. The Balaban J connectivity index is 1.92. The van der Waals surface area contributed by atoms with Crippen molar-refractivity contribution >= 4 is 11.3 Å². The van der Waals surface area contributed by atoms with Crippen molar-refractivity contribution in [3.05, 3.63) is 39.9 Å². The van der Waals surface area contributed by atoms with Crippen LogP contribution in [0.5, 0.6) is 0 Å². The molecule has 0 spiro atoms. The molecule has 0 bridgehead atoms. The lowest BCUT2D eigenvalue weighted by atomic mass is 10.2. The fraction of sp³-hybridized carbons (Fsp3) is 0.417. The maximum Gasteiger partial charge on any atom is 0.0898 e. The maximum atomic E-state index is 4.46. The van der Waals surface area contributed by atoms with Gasteiger partial charge in [-0.2, -0.15) is 0 Å². The molecule has 0 amide bonds. The summed E-state index contributed by atoms with van der Waals surface area (Å²) in [6, 6.07) is 0.239. The van der Waals surface area contributed by atoms with Crippen molar-refractivity contribution in [3.63, 3.8) is 0 Å². The third kappa shape index (κ3) is 3.31. The van der Waals surface area contributed by atoms with Crippen LogP contribution in [-0.2, 0) is 6.54 Å². The summed E-state index contributed by atoms with van der Waals surface area (Å²) in [6.07, 6.45) is 3.59. The minimum Gasteiger partial charge on any atom is -0.303 e. The first kappa shape index (κ1) is 12.1. The van der Waals surface area contributed by atoms with E-state index in [-0.39, 0.29) is 6.04 Å². The van der Waals surface area contributed by atoms with E-state index in [1.165, 1.54) is 0 Å². The summed E-state index contributed by atoms with van der Waals surface area (Å²) in [6.45, 7) is 6.78. The van der Waals surface area contributed by atoms with E-state index in [0.717, 1.165) is 22.1 Å². The van der Waals surface area contributed by atoms with Crippen LogP contribution in [0.15, 0.2) is 17.8 Å². The number of hydrogen-bond donors (Lipinski definition) is 1. The van der Waals surface area contributed by atoms with Gasteiger partial charge in [0.2, 0.25) is 0 Å². The van der Waals surface area contributed by atoms with Gasteiger partial charge in [-0.25, -0.2) is 4.98 Å². The largest absolute Gasteiger partial charge is 0.303 e. The zero-order chi connectivity index (χ0) is 12.3. The van der Waals surface area contributed by atoms with Crippen LogP contribution in [0, 0.1) is 13.8 Å². The summed E-state index contributed by atoms with van der Waals surface area (Å²) in [5.74, 6) is 0. The molecule has 2 rings (SSSR count). The Labute approximate surface area is 105 Å². The van der Waals surface area contributed by atoms with Crippen LogP contribution in [-0.4, -0.2) is 15.0 Å². The summed E-state index contributed by atoms with van der Waals surface area (Å²) in [7, 11) is 0. The standard InChI is InChI=1S/C12H16N4S/c1-8-4-15-11(5-13-8)6-14-9(2)12-7-17-10(3)16-12/h4-5,7,9,14H,6H2,1-3H3. The SMILES string of the molecule is Cc1cnc(CNC(C)c2csc(C)n2)cn1. The first-order valence-electron chi connectivity index (χ1n) is 5.58. The van der Waals surface area contributed by atoms with Crippen LogP contribution >= 0.6 is 11.3 Å². The number of aryl methyl sites for hydroxylation is 2. The van der Waals surface area contributed by atoms with E-state index in [1.807, 2.05) is 13.8 Å². The highest BCUT2D eigenvalue weighted by molar-refractivity contribution is 7.09. The van der Waals surface area contributed by atoms with Crippen LogP contribution < -0.4 is 5.32 Å². The van der Waals surface area contributed by atoms with Crippen LogP contribution in [0.1, 0.15) is 35.1 Å². The smallest absolute Gasteiger partial charge is 0.0898 e. The Hall–Kier alpha value is -1.33. The van der Waals surface area contributed by atoms with Gasteiger partial charge in [-0.05, 0) is 20.8 Å². The fourth-order valence-electron chi connectivity index (χ4n) is 1.45. The lowest BCUT2D eigenvalue weighted by molar-refractivity contribution is 0.555. The van der Waals surface area contributed by atoms with Gasteiger partial charge < -0.3 is 5.32 Å². The van der Waals surface area contributed by atoms with E-state index < -0.39 is 0 Å². The molecule has 0 fully saturated rings. The molecule has 0 aliphatic rings. The highest BCUT2D eigenvalue weighted by atomic mass is 32.1. The number of hydrogen-bond acceptors (Lipinski definition) is 5. The fourth-order valence-corrected chi connectivity index (χ4v) is 2.16. The second-order valence-corrected chi connectivity index (χ2v) is 5.11. The number of rotatable bonds is 4. The summed E-state index contributed by atoms with van der Waals surface area (Å²) in [5, 5.41) is 6.58. The number of aromatic nitrogens is 3. The molecule has 90 valence electrons. The molecule has 0 aliphatic carbocycles. The molecule has 17 heavy (non-hydrogen) atoms. The van der Waals surface area contributed by atoms with Crippen molar-refractivity contribution in [2.24, 2.45) is 0 Å². The van der Waals surface area contributed by atoms with Crippen LogP contribution in [0.3, 0.4) is 0 Å². The Morgan fingerprint density at radius 2 is 2.12 bits per heavy atom. The van der Waals surface area contributed by atoms with Gasteiger partial charge in [-0.15, -0.1) is 11.3 Å². The van der Waals surface area contributed by atoms with Gasteiger partial charge in [0.25, 0.3) is 0 Å². The minimum absolute atomic E-state index is 0.239. The molecule has 1 unspecified atom stereocenters. The second-order valence-electron chi connectivity index (χ2n) is 4.04. The van der Waals surface area contributed by atoms with Crippen molar-refractivity contribution < 1.29 is 0 Å². The predicted molar refractivity (Wildman–Crippen MR) is 68.9 cm³/mol. The first-order valence-corrected chi connectivity index (χ1v) is 6.46. The molecule has 1 atom stereocenters. The van der Waals surface area contributed by atoms with E-state index >= 15 is 0 Å². The molecular formula is C12H16N4S. The number of thiazole rings is 1. The molecule has 0 radical (unpaired) electrons. The molecular weight excluding hydrogens is 232 g/mol. The molecule has 0 aliphatic heterocycles. The second kappa shape index (κ2) is 5.33. The zero-order valence-electron chi connectivity index (χ0n) is 10.3. The Kier molecular flexibility index (Phi) is 3.81. The molecule has 5 heteroatoms. The average molecular weight is 248 g/mol. The monoisotopic (exact) mass is 248 g/mol. The maximum absolute atomic E-state index is 4.46. The highest BCUT2D eigenvalue weighted by Gasteiger charge is 2.08. The van der Waals surface area contributed by atoms with E-state index in [2.05, 4.69) is 32.6 Å². The van der Waals surface area contributed by atoms with E-state index in [9.17, 15) is 0 Å². The van der Waals surface area contributed by atoms with Crippen molar-refractivity contribution in [2.75, 3.05) is 0 Å².